The quantitative estimate of drug-likeness (QED) is 0.917. The van der Waals surface area contributed by atoms with E-state index in [1.54, 1.807) is 12.1 Å². The van der Waals surface area contributed by atoms with Crippen molar-refractivity contribution in [2.24, 2.45) is 5.73 Å². The number of halogens is 2. The third-order valence-electron chi connectivity index (χ3n) is 2.00. The first-order valence-electron chi connectivity index (χ1n) is 4.65. The Hall–Kier alpha value is -0.460. The number of hydrogen-bond donors (Lipinski definition) is 1. The standard InChI is InChI=1S/C10H13BrFNO2S/c1-16(14,15)6-8(13)4-7-2-3-10(12)9(11)5-7/h2-3,5,8H,4,6,13H2,1H3. The molecule has 0 aliphatic carbocycles. The third-order valence-corrected chi connectivity index (χ3v) is 3.64. The third kappa shape index (κ3) is 4.59. The molecule has 0 bridgehead atoms. The summed E-state index contributed by atoms with van der Waals surface area (Å²) in [5.41, 5.74) is 6.50. The molecule has 6 heteroatoms. The lowest BCUT2D eigenvalue weighted by Crippen LogP contribution is -2.31. The Labute approximate surface area is 103 Å². The largest absolute Gasteiger partial charge is 0.326 e. The van der Waals surface area contributed by atoms with Gasteiger partial charge in [0.2, 0.25) is 0 Å². The normalized spacial score (nSPS) is 13.8. The van der Waals surface area contributed by atoms with Crippen molar-refractivity contribution < 1.29 is 12.8 Å². The van der Waals surface area contributed by atoms with Crippen LogP contribution in [0.15, 0.2) is 22.7 Å². The average Bonchev–Trinajstić information content (AvgIpc) is 2.08. The summed E-state index contributed by atoms with van der Waals surface area (Å²) in [7, 11) is -3.07. The van der Waals surface area contributed by atoms with Crippen LogP contribution in [0.2, 0.25) is 0 Å². The fourth-order valence-corrected chi connectivity index (χ4v) is 2.74. The Morgan fingerprint density at radius 2 is 2.12 bits per heavy atom. The molecular formula is C10H13BrFNO2S. The van der Waals surface area contributed by atoms with Crippen molar-refractivity contribution in [1.29, 1.82) is 0 Å². The number of benzene rings is 1. The minimum atomic E-state index is -3.07. The molecule has 90 valence electrons. The van der Waals surface area contributed by atoms with Gasteiger partial charge in [-0.3, -0.25) is 0 Å². The van der Waals surface area contributed by atoms with E-state index < -0.39 is 15.9 Å². The summed E-state index contributed by atoms with van der Waals surface area (Å²) < 4.78 is 35.3. The maximum absolute atomic E-state index is 12.9. The summed E-state index contributed by atoms with van der Waals surface area (Å²) in [6, 6.07) is 4.07. The van der Waals surface area contributed by atoms with E-state index in [2.05, 4.69) is 15.9 Å². The van der Waals surface area contributed by atoms with Gasteiger partial charge in [-0.25, -0.2) is 12.8 Å². The van der Waals surface area contributed by atoms with Crippen LogP contribution >= 0.6 is 15.9 Å². The lowest BCUT2D eigenvalue weighted by Gasteiger charge is -2.10. The number of rotatable bonds is 4. The highest BCUT2D eigenvalue weighted by molar-refractivity contribution is 9.10. The van der Waals surface area contributed by atoms with Crippen molar-refractivity contribution in [3.05, 3.63) is 34.1 Å². The molecule has 0 radical (unpaired) electrons. The van der Waals surface area contributed by atoms with Crippen molar-refractivity contribution >= 4 is 25.8 Å². The summed E-state index contributed by atoms with van der Waals surface area (Å²) in [6.45, 7) is 0. The molecule has 0 aliphatic heterocycles. The molecule has 0 spiro atoms. The topological polar surface area (TPSA) is 60.2 Å². The second kappa shape index (κ2) is 5.25. The van der Waals surface area contributed by atoms with E-state index in [1.165, 1.54) is 6.07 Å². The van der Waals surface area contributed by atoms with Crippen LogP contribution in [-0.4, -0.2) is 26.5 Å². The molecule has 0 fully saturated rings. The van der Waals surface area contributed by atoms with Gasteiger partial charge in [-0.2, -0.15) is 0 Å². The van der Waals surface area contributed by atoms with E-state index in [1.807, 2.05) is 0 Å². The Bertz CT molecular complexity index is 476. The van der Waals surface area contributed by atoms with E-state index in [-0.39, 0.29) is 11.6 Å². The monoisotopic (exact) mass is 309 g/mol. The molecule has 0 aromatic heterocycles. The second-order valence-corrected chi connectivity index (χ2v) is 6.84. The van der Waals surface area contributed by atoms with Crippen LogP contribution in [0.25, 0.3) is 0 Å². The Kier molecular flexibility index (Phi) is 4.46. The van der Waals surface area contributed by atoms with Gasteiger partial charge in [0.25, 0.3) is 0 Å². The lowest BCUT2D eigenvalue weighted by atomic mass is 10.1. The molecule has 1 rings (SSSR count). The van der Waals surface area contributed by atoms with E-state index in [0.717, 1.165) is 11.8 Å². The Morgan fingerprint density at radius 3 is 2.62 bits per heavy atom. The summed E-state index contributed by atoms with van der Waals surface area (Å²) in [4.78, 5) is 0. The first kappa shape index (κ1) is 13.6. The summed E-state index contributed by atoms with van der Waals surface area (Å²) in [6.07, 6.45) is 1.55. The molecule has 2 N–H and O–H groups in total. The maximum Gasteiger partial charge on any atom is 0.148 e. The molecular weight excluding hydrogens is 297 g/mol. The zero-order valence-electron chi connectivity index (χ0n) is 8.78. The SMILES string of the molecule is CS(=O)(=O)CC(N)Cc1ccc(F)c(Br)c1. The summed E-state index contributed by atoms with van der Waals surface area (Å²) >= 11 is 3.06. The van der Waals surface area contributed by atoms with Gasteiger partial charge in [0.1, 0.15) is 15.7 Å². The van der Waals surface area contributed by atoms with Crippen molar-refractivity contribution in [1.82, 2.24) is 0 Å². The van der Waals surface area contributed by atoms with Crippen molar-refractivity contribution in [3.63, 3.8) is 0 Å². The van der Waals surface area contributed by atoms with Gasteiger partial charge in [-0.05, 0) is 40.0 Å². The van der Waals surface area contributed by atoms with Gasteiger partial charge in [0.15, 0.2) is 0 Å². The van der Waals surface area contributed by atoms with E-state index in [0.29, 0.717) is 10.9 Å². The van der Waals surface area contributed by atoms with Gasteiger partial charge in [-0.1, -0.05) is 6.07 Å². The van der Waals surface area contributed by atoms with Gasteiger partial charge < -0.3 is 5.73 Å². The van der Waals surface area contributed by atoms with E-state index >= 15 is 0 Å². The summed E-state index contributed by atoms with van der Waals surface area (Å²) in [5.74, 6) is -0.414. The zero-order chi connectivity index (χ0) is 12.3. The van der Waals surface area contributed by atoms with Crippen LogP contribution in [-0.2, 0) is 16.3 Å². The van der Waals surface area contributed by atoms with Crippen LogP contribution in [0, 0.1) is 5.82 Å². The molecule has 16 heavy (non-hydrogen) atoms. The molecule has 1 unspecified atom stereocenters. The molecule has 0 saturated heterocycles. The molecule has 1 aromatic rings. The first-order valence-corrected chi connectivity index (χ1v) is 7.50. The van der Waals surface area contributed by atoms with Crippen molar-refractivity contribution in [2.45, 2.75) is 12.5 Å². The van der Waals surface area contributed by atoms with Gasteiger partial charge in [0.05, 0.1) is 10.2 Å². The highest BCUT2D eigenvalue weighted by Gasteiger charge is 2.12. The second-order valence-electron chi connectivity index (χ2n) is 3.81. The minimum Gasteiger partial charge on any atom is -0.326 e. The van der Waals surface area contributed by atoms with E-state index in [4.69, 9.17) is 5.73 Å². The predicted molar refractivity (Wildman–Crippen MR) is 65.5 cm³/mol. The molecule has 1 atom stereocenters. The Balaban J connectivity index is 2.70. The summed E-state index contributed by atoms with van der Waals surface area (Å²) in [5, 5.41) is 0. The average molecular weight is 310 g/mol. The van der Waals surface area contributed by atoms with Crippen LogP contribution in [0.3, 0.4) is 0 Å². The lowest BCUT2D eigenvalue weighted by molar-refractivity contribution is 0.590. The molecule has 3 nitrogen and oxygen atoms in total. The maximum atomic E-state index is 12.9. The number of sulfone groups is 1. The molecule has 0 aliphatic rings. The number of nitrogens with two attached hydrogens (primary N) is 1. The molecule has 1 aromatic carbocycles. The van der Waals surface area contributed by atoms with Crippen LogP contribution in [0.1, 0.15) is 5.56 Å². The highest BCUT2D eigenvalue weighted by Crippen LogP contribution is 2.17. The molecule has 0 saturated carbocycles. The van der Waals surface area contributed by atoms with Gasteiger partial charge in [-0.15, -0.1) is 0 Å². The van der Waals surface area contributed by atoms with Crippen molar-refractivity contribution in [2.75, 3.05) is 12.0 Å². The zero-order valence-corrected chi connectivity index (χ0v) is 11.2. The highest BCUT2D eigenvalue weighted by atomic mass is 79.9. The van der Waals surface area contributed by atoms with Crippen LogP contribution in [0.4, 0.5) is 4.39 Å². The predicted octanol–water partition coefficient (Wildman–Crippen LogP) is 1.50. The van der Waals surface area contributed by atoms with Gasteiger partial charge in [0, 0.05) is 12.3 Å². The molecule has 0 heterocycles. The molecule has 0 amide bonds. The van der Waals surface area contributed by atoms with E-state index in [9.17, 15) is 12.8 Å². The van der Waals surface area contributed by atoms with Crippen molar-refractivity contribution in [3.8, 4) is 0 Å². The minimum absolute atomic E-state index is 0.0675. The first-order chi connectivity index (χ1) is 7.28. The fourth-order valence-electron chi connectivity index (χ4n) is 1.42. The fraction of sp³-hybridized carbons (Fsp3) is 0.400. The van der Waals surface area contributed by atoms with Crippen LogP contribution < -0.4 is 5.73 Å². The van der Waals surface area contributed by atoms with Crippen LogP contribution in [0.5, 0.6) is 0 Å². The van der Waals surface area contributed by atoms with Gasteiger partial charge >= 0.3 is 0 Å². The Morgan fingerprint density at radius 1 is 1.50 bits per heavy atom. The smallest absolute Gasteiger partial charge is 0.148 e. The number of hydrogen-bond acceptors (Lipinski definition) is 3.